The molecular weight excluding hydrogens is 475 g/mol. The molecule has 2 fully saturated rings. The molecular formula is C24H30Cl2N6O2. The standard InChI is InChI=1S/C24H28N6O2.2ClH/c31-24-18-8-9-29(13-16-5-2-1-3-6-16)14-20(18)28-30(24)23-12-22(25-15-26-23)27-19-11-21-17(19)7-4-10-32-21;;/h1-3,5-6,12,15,17,19,21,31H,4,7-11,13-14H2,(H,25,26,27);2*1H. The zero-order valence-electron chi connectivity index (χ0n) is 18.8. The van der Waals surface area contributed by atoms with Crippen LogP contribution >= 0.6 is 24.8 Å². The van der Waals surface area contributed by atoms with E-state index in [9.17, 15) is 5.11 Å². The lowest BCUT2D eigenvalue weighted by atomic mass is 9.72. The van der Waals surface area contributed by atoms with Crippen LogP contribution in [0.2, 0.25) is 0 Å². The highest BCUT2D eigenvalue weighted by atomic mass is 35.5. The third kappa shape index (κ3) is 4.73. The Balaban J connectivity index is 0.00000137. The zero-order chi connectivity index (χ0) is 21.5. The van der Waals surface area contributed by atoms with E-state index in [0.29, 0.717) is 30.4 Å². The fourth-order valence-corrected chi connectivity index (χ4v) is 5.26. The summed E-state index contributed by atoms with van der Waals surface area (Å²) in [4.78, 5) is 11.1. The van der Waals surface area contributed by atoms with Crippen molar-refractivity contribution >= 4 is 30.6 Å². The molecule has 0 amide bonds. The second-order valence-electron chi connectivity index (χ2n) is 9.07. The van der Waals surface area contributed by atoms with Crippen LogP contribution in [0.1, 0.15) is 36.1 Å². The lowest BCUT2D eigenvalue weighted by Gasteiger charge is -2.47. The molecule has 1 saturated heterocycles. The van der Waals surface area contributed by atoms with Crippen LogP contribution < -0.4 is 5.32 Å². The SMILES string of the molecule is Cl.Cl.Oc1c2c(nn1-c1cc(NC3CC4OCCCC34)ncn1)CN(Cc1ccccc1)CC2. The summed E-state index contributed by atoms with van der Waals surface area (Å²) in [5.74, 6) is 2.10. The first kappa shape index (κ1) is 24.7. The Morgan fingerprint density at radius 2 is 2.00 bits per heavy atom. The maximum absolute atomic E-state index is 10.9. The molecule has 1 saturated carbocycles. The number of hydrogen-bond acceptors (Lipinski definition) is 7. The molecule has 0 bridgehead atoms. The predicted octanol–water partition coefficient (Wildman–Crippen LogP) is 3.75. The van der Waals surface area contributed by atoms with Crippen molar-refractivity contribution in [2.75, 3.05) is 18.5 Å². The number of aromatic hydroxyl groups is 1. The Labute approximate surface area is 211 Å². The highest BCUT2D eigenvalue weighted by Crippen LogP contribution is 2.39. The smallest absolute Gasteiger partial charge is 0.219 e. The predicted molar refractivity (Wildman–Crippen MR) is 134 cm³/mol. The lowest BCUT2D eigenvalue weighted by molar-refractivity contribution is -0.0898. The highest BCUT2D eigenvalue weighted by Gasteiger charge is 2.43. The summed E-state index contributed by atoms with van der Waals surface area (Å²) in [5, 5.41) is 19.1. The monoisotopic (exact) mass is 504 g/mol. The van der Waals surface area contributed by atoms with E-state index >= 15 is 0 Å². The number of hydrogen-bond donors (Lipinski definition) is 2. The molecule has 3 aromatic rings. The van der Waals surface area contributed by atoms with Gasteiger partial charge < -0.3 is 15.2 Å². The van der Waals surface area contributed by atoms with Gasteiger partial charge in [0.2, 0.25) is 5.88 Å². The molecule has 3 atom stereocenters. The van der Waals surface area contributed by atoms with Crippen LogP contribution in [0.5, 0.6) is 5.88 Å². The minimum atomic E-state index is 0. The van der Waals surface area contributed by atoms with Crippen LogP contribution in [-0.4, -0.2) is 55.1 Å². The van der Waals surface area contributed by atoms with E-state index in [-0.39, 0.29) is 30.7 Å². The summed E-state index contributed by atoms with van der Waals surface area (Å²) in [6.45, 7) is 3.37. The summed E-state index contributed by atoms with van der Waals surface area (Å²) < 4.78 is 7.37. The second-order valence-corrected chi connectivity index (χ2v) is 9.07. The molecule has 4 heterocycles. The van der Waals surface area contributed by atoms with E-state index in [4.69, 9.17) is 9.84 Å². The van der Waals surface area contributed by atoms with E-state index in [2.05, 4.69) is 44.5 Å². The van der Waals surface area contributed by atoms with E-state index < -0.39 is 0 Å². The van der Waals surface area contributed by atoms with Crippen molar-refractivity contribution in [2.24, 2.45) is 5.92 Å². The molecule has 182 valence electrons. The van der Waals surface area contributed by atoms with Crippen LogP contribution in [0.3, 0.4) is 0 Å². The van der Waals surface area contributed by atoms with Crippen LogP contribution in [0.4, 0.5) is 5.82 Å². The van der Waals surface area contributed by atoms with Gasteiger partial charge in [0.25, 0.3) is 0 Å². The molecule has 6 rings (SSSR count). The number of anilines is 1. The van der Waals surface area contributed by atoms with Gasteiger partial charge in [0.15, 0.2) is 5.82 Å². The van der Waals surface area contributed by atoms with E-state index in [1.165, 1.54) is 18.3 Å². The number of fused-ring (bicyclic) bond motifs is 2. The topological polar surface area (TPSA) is 88.3 Å². The van der Waals surface area contributed by atoms with Gasteiger partial charge in [0.1, 0.15) is 12.1 Å². The van der Waals surface area contributed by atoms with Crippen LogP contribution in [0.15, 0.2) is 42.7 Å². The Kier molecular flexibility index (Phi) is 7.62. The van der Waals surface area contributed by atoms with Gasteiger partial charge in [-0.05, 0) is 31.2 Å². The van der Waals surface area contributed by atoms with Crippen LogP contribution in [-0.2, 0) is 24.2 Å². The van der Waals surface area contributed by atoms with Crippen molar-refractivity contribution in [3.05, 3.63) is 59.5 Å². The number of halogens is 2. The van der Waals surface area contributed by atoms with Gasteiger partial charge in [-0.25, -0.2) is 9.97 Å². The van der Waals surface area contributed by atoms with Gasteiger partial charge >= 0.3 is 0 Å². The summed E-state index contributed by atoms with van der Waals surface area (Å²) >= 11 is 0. The molecule has 0 spiro atoms. The minimum Gasteiger partial charge on any atom is -0.493 e. The molecule has 1 aliphatic carbocycles. The molecule has 3 aliphatic rings. The van der Waals surface area contributed by atoms with Gasteiger partial charge in [0.05, 0.1) is 11.8 Å². The number of nitrogens with one attached hydrogen (secondary N) is 1. The first-order chi connectivity index (χ1) is 15.7. The van der Waals surface area contributed by atoms with E-state index in [0.717, 1.165) is 56.0 Å². The van der Waals surface area contributed by atoms with E-state index in [1.807, 2.05) is 12.1 Å². The quantitative estimate of drug-likeness (QED) is 0.546. The van der Waals surface area contributed by atoms with E-state index in [1.54, 1.807) is 4.68 Å². The van der Waals surface area contributed by atoms with Crippen molar-refractivity contribution < 1.29 is 9.84 Å². The lowest BCUT2D eigenvalue weighted by Crippen LogP contribution is -2.53. The zero-order valence-corrected chi connectivity index (χ0v) is 20.5. The number of rotatable bonds is 5. The molecule has 8 nitrogen and oxygen atoms in total. The fourth-order valence-electron chi connectivity index (χ4n) is 5.26. The Morgan fingerprint density at radius 1 is 1.15 bits per heavy atom. The first-order valence-corrected chi connectivity index (χ1v) is 11.5. The minimum absolute atomic E-state index is 0. The van der Waals surface area contributed by atoms with Crippen molar-refractivity contribution in [3.8, 4) is 11.7 Å². The first-order valence-electron chi connectivity index (χ1n) is 11.5. The van der Waals surface area contributed by atoms with Crippen molar-refractivity contribution in [1.29, 1.82) is 0 Å². The molecule has 2 aliphatic heterocycles. The molecule has 2 aromatic heterocycles. The average Bonchev–Trinajstić information content (AvgIpc) is 3.14. The van der Waals surface area contributed by atoms with Gasteiger partial charge in [-0.2, -0.15) is 9.78 Å². The number of nitrogens with zero attached hydrogens (tertiary/aromatic N) is 5. The van der Waals surface area contributed by atoms with Crippen LogP contribution in [0, 0.1) is 5.92 Å². The second kappa shape index (κ2) is 10.5. The molecule has 34 heavy (non-hydrogen) atoms. The molecule has 10 heteroatoms. The number of ether oxygens (including phenoxy) is 1. The molecule has 0 radical (unpaired) electrons. The summed E-state index contributed by atoms with van der Waals surface area (Å²) in [6, 6.07) is 12.7. The molecule has 3 unspecified atom stereocenters. The van der Waals surface area contributed by atoms with Gasteiger partial charge in [0, 0.05) is 49.8 Å². The Hall–Kier alpha value is -2.39. The average molecular weight is 505 g/mol. The summed E-state index contributed by atoms with van der Waals surface area (Å²) in [6.07, 6.45) is 6.04. The highest BCUT2D eigenvalue weighted by molar-refractivity contribution is 5.85. The summed E-state index contributed by atoms with van der Waals surface area (Å²) in [5.41, 5.74) is 3.12. The Morgan fingerprint density at radius 3 is 2.82 bits per heavy atom. The third-order valence-electron chi connectivity index (χ3n) is 7.04. The molecule has 1 aromatic carbocycles. The largest absolute Gasteiger partial charge is 0.493 e. The van der Waals surface area contributed by atoms with Gasteiger partial charge in [-0.15, -0.1) is 24.8 Å². The van der Waals surface area contributed by atoms with Crippen LogP contribution in [0.25, 0.3) is 5.82 Å². The number of benzene rings is 1. The van der Waals surface area contributed by atoms with Crippen molar-refractivity contribution in [1.82, 2.24) is 24.6 Å². The molecule has 2 N–H and O–H groups in total. The third-order valence-corrected chi connectivity index (χ3v) is 7.04. The van der Waals surface area contributed by atoms with Crippen molar-refractivity contribution in [3.63, 3.8) is 0 Å². The Bertz CT molecular complexity index is 1110. The fraction of sp³-hybridized carbons (Fsp3) is 0.458. The van der Waals surface area contributed by atoms with Gasteiger partial charge in [-0.1, -0.05) is 30.3 Å². The van der Waals surface area contributed by atoms with Gasteiger partial charge in [-0.3, -0.25) is 4.90 Å². The maximum atomic E-state index is 10.9. The number of aromatic nitrogens is 4. The normalized spacial score (nSPS) is 23.5. The van der Waals surface area contributed by atoms with Crippen molar-refractivity contribution in [2.45, 2.75) is 50.9 Å². The maximum Gasteiger partial charge on any atom is 0.219 e. The summed E-state index contributed by atoms with van der Waals surface area (Å²) in [7, 11) is 0.